The predicted molar refractivity (Wildman–Crippen MR) is 60.6 cm³/mol. The quantitative estimate of drug-likeness (QED) is 0.600. The van der Waals surface area contributed by atoms with E-state index in [1.807, 2.05) is 4.90 Å². The first-order chi connectivity index (χ1) is 7.76. The van der Waals surface area contributed by atoms with Crippen LogP contribution in [0.3, 0.4) is 0 Å². The fourth-order valence-corrected chi connectivity index (χ4v) is 1.74. The highest BCUT2D eigenvalue weighted by Crippen LogP contribution is 2.34. The number of nitrogens with two attached hydrogens (primary N) is 1. The van der Waals surface area contributed by atoms with E-state index in [4.69, 9.17) is 15.2 Å². The number of anilines is 2. The number of rotatable bonds is 3. The van der Waals surface area contributed by atoms with Gasteiger partial charge in [0.25, 0.3) is 0 Å². The third-order valence-corrected chi connectivity index (χ3v) is 2.53. The molecule has 16 heavy (non-hydrogen) atoms. The summed E-state index contributed by atoms with van der Waals surface area (Å²) in [5.74, 6) is 0.726. The lowest BCUT2D eigenvalue weighted by molar-refractivity contribution is -0.110. The van der Waals surface area contributed by atoms with Gasteiger partial charge in [0, 0.05) is 12.8 Å². The van der Waals surface area contributed by atoms with Crippen LogP contribution in [0.5, 0.6) is 5.75 Å². The topological polar surface area (TPSA) is 64.8 Å². The van der Waals surface area contributed by atoms with E-state index in [0.29, 0.717) is 19.0 Å². The highest BCUT2D eigenvalue weighted by molar-refractivity contribution is 5.73. The lowest BCUT2D eigenvalue weighted by Crippen LogP contribution is -2.45. The van der Waals surface area contributed by atoms with Crippen molar-refractivity contribution < 1.29 is 14.3 Å². The van der Waals surface area contributed by atoms with E-state index in [-0.39, 0.29) is 6.04 Å². The van der Waals surface area contributed by atoms with Crippen LogP contribution < -0.4 is 15.4 Å². The van der Waals surface area contributed by atoms with Crippen molar-refractivity contribution >= 4 is 17.7 Å². The molecule has 0 amide bonds. The monoisotopic (exact) mass is 222 g/mol. The van der Waals surface area contributed by atoms with E-state index < -0.39 is 0 Å². The number of carbonyl (C=O) groups excluding carboxylic acids is 1. The lowest BCUT2D eigenvalue weighted by Gasteiger charge is -2.35. The van der Waals surface area contributed by atoms with Gasteiger partial charge in [0.05, 0.1) is 5.69 Å². The average molecular weight is 222 g/mol. The second kappa shape index (κ2) is 4.40. The smallest absolute Gasteiger partial charge is 0.145 e. The molecule has 1 aromatic carbocycles. The Labute approximate surface area is 93.7 Å². The predicted octanol–water partition coefficient (Wildman–Crippen LogP) is 0.639. The Balaban J connectivity index is 2.38. The molecule has 0 aromatic heterocycles. The molecule has 0 spiro atoms. The normalized spacial score (nSPS) is 18.8. The van der Waals surface area contributed by atoms with Crippen molar-refractivity contribution in [1.82, 2.24) is 0 Å². The number of aldehydes is 1. The van der Waals surface area contributed by atoms with E-state index in [1.54, 1.807) is 25.3 Å². The van der Waals surface area contributed by atoms with Gasteiger partial charge < -0.3 is 24.9 Å². The fourth-order valence-electron chi connectivity index (χ4n) is 1.74. The molecule has 0 fully saturated rings. The van der Waals surface area contributed by atoms with Crippen molar-refractivity contribution in [2.75, 3.05) is 31.1 Å². The number of nitrogen functional groups attached to an aromatic ring is 1. The number of methoxy groups -OCH3 is 1. The number of carbonyl (C=O) groups is 1. The van der Waals surface area contributed by atoms with Crippen molar-refractivity contribution in [2.45, 2.75) is 6.04 Å². The maximum Gasteiger partial charge on any atom is 0.145 e. The molecule has 1 unspecified atom stereocenters. The summed E-state index contributed by atoms with van der Waals surface area (Å²) in [5, 5.41) is 0. The molecule has 1 aliphatic heterocycles. The summed E-state index contributed by atoms with van der Waals surface area (Å²) in [5.41, 5.74) is 7.15. The standard InChI is InChI=1S/C11H14N2O3/c1-15-7-13-9(5-14)6-16-11-3-2-8(12)4-10(11)13/h2-5,9H,6-7,12H2,1H3. The van der Waals surface area contributed by atoms with Crippen LogP contribution in [0.2, 0.25) is 0 Å². The summed E-state index contributed by atoms with van der Waals surface area (Å²) in [6.45, 7) is 0.674. The Morgan fingerprint density at radius 3 is 3.19 bits per heavy atom. The molecule has 0 bridgehead atoms. The summed E-state index contributed by atoms with van der Waals surface area (Å²) in [4.78, 5) is 12.8. The SMILES string of the molecule is COCN1c2cc(N)ccc2OCC1C=O. The Morgan fingerprint density at radius 2 is 2.50 bits per heavy atom. The minimum Gasteiger partial charge on any atom is -0.489 e. The zero-order valence-electron chi connectivity index (χ0n) is 9.05. The van der Waals surface area contributed by atoms with Gasteiger partial charge in [-0.1, -0.05) is 0 Å². The summed E-state index contributed by atoms with van der Waals surface area (Å²) in [7, 11) is 1.59. The summed E-state index contributed by atoms with van der Waals surface area (Å²) in [6, 6.07) is 5.03. The van der Waals surface area contributed by atoms with Crippen molar-refractivity contribution in [1.29, 1.82) is 0 Å². The molecule has 1 aromatic rings. The molecule has 0 saturated heterocycles. The third-order valence-electron chi connectivity index (χ3n) is 2.53. The molecule has 5 heteroatoms. The van der Waals surface area contributed by atoms with E-state index >= 15 is 0 Å². The highest BCUT2D eigenvalue weighted by atomic mass is 16.5. The van der Waals surface area contributed by atoms with E-state index in [2.05, 4.69) is 0 Å². The number of benzene rings is 1. The minimum absolute atomic E-state index is 0.325. The minimum atomic E-state index is -0.325. The van der Waals surface area contributed by atoms with Gasteiger partial charge in [-0.2, -0.15) is 0 Å². The van der Waals surface area contributed by atoms with Crippen molar-refractivity contribution in [3.63, 3.8) is 0 Å². The number of fused-ring (bicyclic) bond motifs is 1. The van der Waals surface area contributed by atoms with Crippen LogP contribution in [0.15, 0.2) is 18.2 Å². The second-order valence-corrected chi connectivity index (χ2v) is 3.63. The number of ether oxygens (including phenoxy) is 2. The first kappa shape index (κ1) is 10.8. The Kier molecular flexibility index (Phi) is 2.96. The molecule has 1 atom stereocenters. The van der Waals surface area contributed by atoms with Crippen LogP contribution in [-0.4, -0.2) is 32.8 Å². The maximum atomic E-state index is 10.9. The molecule has 86 valence electrons. The van der Waals surface area contributed by atoms with Crippen LogP contribution in [-0.2, 0) is 9.53 Å². The largest absolute Gasteiger partial charge is 0.489 e. The average Bonchev–Trinajstić information content (AvgIpc) is 2.30. The van der Waals surface area contributed by atoms with Crippen molar-refractivity contribution in [2.24, 2.45) is 0 Å². The Bertz CT molecular complexity index is 395. The van der Waals surface area contributed by atoms with Crippen LogP contribution >= 0.6 is 0 Å². The van der Waals surface area contributed by atoms with Crippen LogP contribution in [0.4, 0.5) is 11.4 Å². The van der Waals surface area contributed by atoms with Gasteiger partial charge >= 0.3 is 0 Å². The molecule has 1 heterocycles. The molecule has 0 saturated carbocycles. The first-order valence-electron chi connectivity index (χ1n) is 4.99. The van der Waals surface area contributed by atoms with E-state index in [9.17, 15) is 4.79 Å². The number of nitrogens with zero attached hydrogens (tertiary/aromatic N) is 1. The Morgan fingerprint density at radius 1 is 1.69 bits per heavy atom. The summed E-state index contributed by atoms with van der Waals surface area (Å²) >= 11 is 0. The van der Waals surface area contributed by atoms with E-state index in [1.165, 1.54) is 0 Å². The lowest BCUT2D eigenvalue weighted by atomic mass is 10.1. The van der Waals surface area contributed by atoms with Crippen molar-refractivity contribution in [3.05, 3.63) is 18.2 Å². The molecular formula is C11H14N2O3. The van der Waals surface area contributed by atoms with Gasteiger partial charge in [-0.25, -0.2) is 0 Å². The third kappa shape index (κ3) is 1.81. The van der Waals surface area contributed by atoms with Crippen LogP contribution in [0, 0.1) is 0 Å². The van der Waals surface area contributed by atoms with Gasteiger partial charge in [0.1, 0.15) is 31.4 Å². The molecule has 1 aliphatic rings. The zero-order valence-corrected chi connectivity index (χ0v) is 9.05. The fraction of sp³-hybridized carbons (Fsp3) is 0.364. The molecule has 2 N–H and O–H groups in total. The maximum absolute atomic E-state index is 10.9. The summed E-state index contributed by atoms with van der Waals surface area (Å²) < 4.78 is 10.6. The van der Waals surface area contributed by atoms with Crippen LogP contribution in [0.1, 0.15) is 0 Å². The highest BCUT2D eigenvalue weighted by Gasteiger charge is 2.27. The van der Waals surface area contributed by atoms with Gasteiger partial charge in [0.2, 0.25) is 0 Å². The van der Waals surface area contributed by atoms with Gasteiger partial charge in [-0.15, -0.1) is 0 Å². The second-order valence-electron chi connectivity index (χ2n) is 3.63. The first-order valence-corrected chi connectivity index (χ1v) is 4.99. The van der Waals surface area contributed by atoms with Crippen LogP contribution in [0.25, 0.3) is 0 Å². The van der Waals surface area contributed by atoms with E-state index in [0.717, 1.165) is 17.7 Å². The molecule has 5 nitrogen and oxygen atoms in total. The van der Waals surface area contributed by atoms with Crippen molar-refractivity contribution in [3.8, 4) is 5.75 Å². The van der Waals surface area contributed by atoms with Gasteiger partial charge in [-0.05, 0) is 18.2 Å². The molecular weight excluding hydrogens is 208 g/mol. The van der Waals surface area contributed by atoms with Gasteiger partial charge in [0.15, 0.2) is 0 Å². The number of hydrogen-bond acceptors (Lipinski definition) is 5. The zero-order chi connectivity index (χ0) is 11.5. The molecule has 0 aliphatic carbocycles. The summed E-state index contributed by atoms with van der Waals surface area (Å²) in [6.07, 6.45) is 0.852. The Hall–Kier alpha value is -1.75. The molecule has 0 radical (unpaired) electrons. The van der Waals surface area contributed by atoms with Gasteiger partial charge in [-0.3, -0.25) is 0 Å². The number of hydrogen-bond donors (Lipinski definition) is 1. The molecule has 2 rings (SSSR count).